The highest BCUT2D eigenvalue weighted by Crippen LogP contribution is 1.97. The van der Waals surface area contributed by atoms with Gasteiger partial charge in [-0.25, -0.2) is 0 Å². The maximum atomic E-state index is 11.3. The molecule has 2 N–H and O–H groups in total. The molecular formula is C14H23NO2. The predicted octanol–water partition coefficient (Wildman–Crippen LogP) is 2.34. The molecule has 3 nitrogen and oxygen atoms in total. The number of aliphatic hydroxyl groups is 1. The minimum atomic E-state index is -0.869. The van der Waals surface area contributed by atoms with E-state index < -0.39 is 5.60 Å². The Balaban J connectivity index is 3.73. The summed E-state index contributed by atoms with van der Waals surface area (Å²) < 4.78 is 0. The van der Waals surface area contributed by atoms with E-state index in [1.807, 2.05) is 25.2 Å². The van der Waals surface area contributed by atoms with Gasteiger partial charge in [0.05, 0.1) is 5.60 Å². The number of rotatable bonds is 7. The molecule has 0 unspecified atom stereocenters. The van der Waals surface area contributed by atoms with E-state index in [2.05, 4.69) is 11.4 Å². The number of amides is 1. The Kier molecular flexibility index (Phi) is 8.07. The number of carbonyl (C=O) groups is 1. The minimum absolute atomic E-state index is 0.190. The van der Waals surface area contributed by atoms with Crippen LogP contribution in [0.25, 0.3) is 0 Å². The lowest BCUT2D eigenvalue weighted by atomic mass is 10.1. The molecule has 0 fully saturated rings. The summed E-state index contributed by atoms with van der Waals surface area (Å²) in [5, 5.41) is 12.0. The summed E-state index contributed by atoms with van der Waals surface area (Å²) in [5.74, 6) is -0.190. The first-order valence-electron chi connectivity index (χ1n) is 5.90. The lowest BCUT2D eigenvalue weighted by Crippen LogP contribution is -2.37. The Bertz CT molecular complexity index is 296. The zero-order chi connectivity index (χ0) is 13.1. The molecule has 0 heterocycles. The molecule has 0 aliphatic carbocycles. The van der Waals surface area contributed by atoms with Crippen LogP contribution in [0.5, 0.6) is 0 Å². The summed E-state index contributed by atoms with van der Waals surface area (Å²) in [7, 11) is 0. The fraction of sp³-hybridized carbons (Fsp3) is 0.500. The van der Waals surface area contributed by atoms with Crippen LogP contribution in [-0.4, -0.2) is 23.2 Å². The van der Waals surface area contributed by atoms with Crippen molar-refractivity contribution in [2.75, 3.05) is 6.54 Å². The van der Waals surface area contributed by atoms with Crippen molar-refractivity contribution < 1.29 is 9.90 Å². The summed E-state index contributed by atoms with van der Waals surface area (Å²) in [4.78, 5) is 11.3. The van der Waals surface area contributed by atoms with Gasteiger partial charge in [-0.2, -0.15) is 0 Å². The van der Waals surface area contributed by atoms with Crippen molar-refractivity contribution in [1.82, 2.24) is 5.32 Å². The molecule has 0 atom stereocenters. The largest absolute Gasteiger partial charge is 0.389 e. The van der Waals surface area contributed by atoms with Crippen molar-refractivity contribution in [2.24, 2.45) is 0 Å². The van der Waals surface area contributed by atoms with Crippen LogP contribution < -0.4 is 5.32 Å². The molecule has 0 aromatic rings. The number of carbonyl (C=O) groups excluding carboxylic acids is 1. The molecule has 0 saturated carbocycles. The molecule has 0 rings (SSSR count). The van der Waals surface area contributed by atoms with Crippen molar-refractivity contribution in [1.29, 1.82) is 0 Å². The maximum absolute atomic E-state index is 11.3. The van der Waals surface area contributed by atoms with Gasteiger partial charge in [-0.15, -0.1) is 0 Å². The Morgan fingerprint density at radius 2 is 1.88 bits per heavy atom. The van der Waals surface area contributed by atoms with Crippen LogP contribution in [0.15, 0.2) is 36.5 Å². The fourth-order valence-corrected chi connectivity index (χ4v) is 1.04. The fourth-order valence-electron chi connectivity index (χ4n) is 1.04. The molecule has 0 bridgehead atoms. The first kappa shape index (κ1) is 15.7. The molecule has 1 amide bonds. The third kappa shape index (κ3) is 12.6. The minimum Gasteiger partial charge on any atom is -0.389 e. The third-order valence-corrected chi connectivity index (χ3v) is 1.93. The second-order valence-electron chi connectivity index (χ2n) is 4.46. The zero-order valence-corrected chi connectivity index (χ0v) is 10.9. The van der Waals surface area contributed by atoms with Crippen molar-refractivity contribution >= 4 is 5.91 Å². The SMILES string of the molecule is CC=CCCC=CC=CC(=O)NCC(C)(C)O. The second kappa shape index (κ2) is 8.76. The number of unbranched alkanes of at least 4 members (excludes halogenated alkanes) is 1. The Morgan fingerprint density at radius 3 is 2.47 bits per heavy atom. The molecule has 3 heteroatoms. The van der Waals surface area contributed by atoms with E-state index in [-0.39, 0.29) is 12.5 Å². The molecule has 96 valence electrons. The van der Waals surface area contributed by atoms with E-state index in [0.29, 0.717) is 0 Å². The van der Waals surface area contributed by atoms with E-state index in [1.54, 1.807) is 19.9 Å². The van der Waals surface area contributed by atoms with Gasteiger partial charge in [-0.1, -0.05) is 30.4 Å². The number of hydrogen-bond donors (Lipinski definition) is 2. The summed E-state index contributed by atoms with van der Waals surface area (Å²) in [6, 6.07) is 0. The van der Waals surface area contributed by atoms with Crippen LogP contribution in [0.2, 0.25) is 0 Å². The average molecular weight is 237 g/mol. The normalized spacial score (nSPS) is 12.9. The van der Waals surface area contributed by atoms with Gasteiger partial charge in [0.15, 0.2) is 0 Å². The van der Waals surface area contributed by atoms with Crippen LogP contribution in [0.1, 0.15) is 33.6 Å². The summed E-state index contributed by atoms with van der Waals surface area (Å²) in [6.45, 7) is 5.55. The van der Waals surface area contributed by atoms with Gasteiger partial charge in [0, 0.05) is 12.6 Å². The molecule has 0 aromatic carbocycles. The quantitative estimate of drug-likeness (QED) is 0.309. The average Bonchev–Trinajstić information content (AvgIpc) is 2.24. The molecule has 0 aliphatic rings. The van der Waals surface area contributed by atoms with E-state index in [9.17, 15) is 9.90 Å². The Hall–Kier alpha value is -1.35. The van der Waals surface area contributed by atoms with E-state index in [4.69, 9.17) is 0 Å². The topological polar surface area (TPSA) is 49.3 Å². The lowest BCUT2D eigenvalue weighted by Gasteiger charge is -2.16. The first-order chi connectivity index (χ1) is 7.95. The number of allylic oxidation sites excluding steroid dienone is 5. The van der Waals surface area contributed by atoms with E-state index in [1.165, 1.54) is 6.08 Å². The lowest BCUT2D eigenvalue weighted by molar-refractivity contribution is -0.117. The summed E-state index contributed by atoms with van der Waals surface area (Å²) >= 11 is 0. The molecule has 17 heavy (non-hydrogen) atoms. The highest BCUT2D eigenvalue weighted by atomic mass is 16.3. The molecule has 0 radical (unpaired) electrons. The number of nitrogens with one attached hydrogen (secondary N) is 1. The van der Waals surface area contributed by atoms with Crippen LogP contribution in [0, 0.1) is 0 Å². The Morgan fingerprint density at radius 1 is 1.24 bits per heavy atom. The van der Waals surface area contributed by atoms with Crippen LogP contribution in [0.4, 0.5) is 0 Å². The van der Waals surface area contributed by atoms with Crippen LogP contribution >= 0.6 is 0 Å². The zero-order valence-electron chi connectivity index (χ0n) is 10.9. The third-order valence-electron chi connectivity index (χ3n) is 1.93. The van der Waals surface area contributed by atoms with Crippen molar-refractivity contribution in [3.8, 4) is 0 Å². The van der Waals surface area contributed by atoms with Gasteiger partial charge in [0.1, 0.15) is 0 Å². The van der Waals surface area contributed by atoms with Gasteiger partial charge < -0.3 is 10.4 Å². The second-order valence-corrected chi connectivity index (χ2v) is 4.46. The molecule has 0 saturated heterocycles. The van der Waals surface area contributed by atoms with Crippen molar-refractivity contribution in [2.45, 2.75) is 39.2 Å². The van der Waals surface area contributed by atoms with Gasteiger partial charge in [0.2, 0.25) is 5.91 Å². The van der Waals surface area contributed by atoms with Gasteiger partial charge >= 0.3 is 0 Å². The number of hydrogen-bond acceptors (Lipinski definition) is 2. The van der Waals surface area contributed by atoms with Crippen LogP contribution in [0.3, 0.4) is 0 Å². The standard InChI is InChI=1S/C14H23NO2/c1-4-5-6-7-8-9-10-11-13(16)15-12-14(2,3)17/h4-5,8-11,17H,6-7,12H2,1-3H3,(H,15,16). The molecule has 0 aliphatic heterocycles. The van der Waals surface area contributed by atoms with Gasteiger partial charge in [-0.3, -0.25) is 4.79 Å². The monoisotopic (exact) mass is 237 g/mol. The predicted molar refractivity (Wildman–Crippen MR) is 71.6 cm³/mol. The Labute approximate surface area is 104 Å². The summed E-state index contributed by atoms with van der Waals surface area (Å²) in [5.41, 5.74) is -0.869. The smallest absolute Gasteiger partial charge is 0.244 e. The van der Waals surface area contributed by atoms with Crippen molar-refractivity contribution in [3.63, 3.8) is 0 Å². The van der Waals surface area contributed by atoms with Crippen molar-refractivity contribution in [3.05, 3.63) is 36.5 Å². The van der Waals surface area contributed by atoms with Gasteiger partial charge in [-0.05, 0) is 33.6 Å². The molecule has 0 spiro atoms. The molecular weight excluding hydrogens is 214 g/mol. The first-order valence-corrected chi connectivity index (χ1v) is 5.90. The van der Waals surface area contributed by atoms with E-state index in [0.717, 1.165) is 12.8 Å². The summed E-state index contributed by atoms with van der Waals surface area (Å²) in [6.07, 6.45) is 13.1. The van der Waals surface area contributed by atoms with Gasteiger partial charge in [0.25, 0.3) is 0 Å². The van der Waals surface area contributed by atoms with Crippen LogP contribution in [-0.2, 0) is 4.79 Å². The molecule has 0 aromatic heterocycles. The highest BCUT2D eigenvalue weighted by Gasteiger charge is 2.12. The van der Waals surface area contributed by atoms with E-state index >= 15 is 0 Å². The maximum Gasteiger partial charge on any atom is 0.244 e. The highest BCUT2D eigenvalue weighted by molar-refractivity contribution is 5.87.